The number of fused-ring (bicyclic) bond motifs is 3. The van der Waals surface area contributed by atoms with Crippen LogP contribution in [0.1, 0.15) is 118 Å². The van der Waals surface area contributed by atoms with Crippen LogP contribution in [0.5, 0.6) is 0 Å². The number of nitrogens with zero attached hydrogens (tertiary/aromatic N) is 2. The van der Waals surface area contributed by atoms with Crippen LogP contribution in [0.3, 0.4) is 0 Å². The predicted octanol–water partition coefficient (Wildman–Crippen LogP) is 7.97. The van der Waals surface area contributed by atoms with Gasteiger partial charge in [-0.3, -0.25) is 14.4 Å². The van der Waals surface area contributed by atoms with Gasteiger partial charge in [-0.25, -0.2) is 4.79 Å². The zero-order valence-electron chi connectivity index (χ0n) is 26.1. The Morgan fingerprint density at radius 2 is 1.39 bits per heavy atom. The van der Waals surface area contributed by atoms with Crippen LogP contribution in [-0.2, 0) is 25.7 Å². The second-order valence-electron chi connectivity index (χ2n) is 12.3. The second-order valence-corrected chi connectivity index (χ2v) is 12.3. The average Bonchev–Trinajstić information content (AvgIpc) is 3.37. The minimum absolute atomic E-state index is 0.00166. The molecule has 8 heteroatoms. The number of hydrogen-bond acceptors (Lipinski definition) is 7. The SMILES string of the molecule is CCOC(=O)CC/C(=N/OC(=O)CC1CCCCC1)C(=O)c1ccc2c(c1)c1cc(C(=O)C3CCCCC3)ccc1n2CC. The number of aromatic nitrogens is 1. The van der Waals surface area contributed by atoms with Crippen LogP contribution in [0.15, 0.2) is 41.6 Å². The van der Waals surface area contributed by atoms with Crippen molar-refractivity contribution >= 4 is 51.0 Å². The maximum absolute atomic E-state index is 13.8. The van der Waals surface area contributed by atoms with E-state index in [1.807, 2.05) is 30.3 Å². The van der Waals surface area contributed by atoms with Crippen LogP contribution in [0.4, 0.5) is 0 Å². The molecule has 1 aromatic heterocycles. The Morgan fingerprint density at radius 1 is 0.773 bits per heavy atom. The number of carbonyl (C=O) groups is 4. The van der Waals surface area contributed by atoms with Gasteiger partial charge in [0.2, 0.25) is 5.78 Å². The lowest BCUT2D eigenvalue weighted by molar-refractivity contribution is -0.145. The average molecular weight is 601 g/mol. The van der Waals surface area contributed by atoms with Crippen molar-refractivity contribution in [3.63, 3.8) is 0 Å². The summed E-state index contributed by atoms with van der Waals surface area (Å²) >= 11 is 0. The summed E-state index contributed by atoms with van der Waals surface area (Å²) in [6.45, 7) is 4.76. The number of ether oxygens (including phenoxy) is 1. The van der Waals surface area contributed by atoms with Gasteiger partial charge in [-0.2, -0.15) is 0 Å². The Labute approximate surface area is 259 Å². The normalized spacial score (nSPS) is 16.7. The molecule has 2 fully saturated rings. The molecule has 0 amide bonds. The van der Waals surface area contributed by atoms with Crippen molar-refractivity contribution in [2.24, 2.45) is 17.0 Å². The molecule has 8 nitrogen and oxygen atoms in total. The maximum atomic E-state index is 13.8. The molecule has 0 spiro atoms. The fourth-order valence-electron chi connectivity index (χ4n) is 6.93. The first-order valence-corrected chi connectivity index (χ1v) is 16.5. The first kappa shape index (κ1) is 31.6. The number of aryl methyl sites for hydroxylation is 1. The number of oxime groups is 1. The standard InChI is InChI=1S/C36H44N2O6/c1-3-38-31-18-15-26(35(41)25-13-9-6-10-14-25)22-28(31)29-23-27(16-19-32(29)38)36(42)30(17-20-33(39)43-4-2)37-44-34(40)21-24-11-7-5-8-12-24/h15-16,18-19,22-25H,3-14,17,20-21H2,1-2H3/b37-30-. The topological polar surface area (TPSA) is 104 Å². The Morgan fingerprint density at radius 3 is 2.02 bits per heavy atom. The van der Waals surface area contributed by atoms with E-state index in [2.05, 4.69) is 16.6 Å². The van der Waals surface area contributed by atoms with Gasteiger partial charge in [-0.15, -0.1) is 0 Å². The van der Waals surface area contributed by atoms with E-state index in [9.17, 15) is 19.2 Å². The molecule has 0 aliphatic heterocycles. The minimum Gasteiger partial charge on any atom is -0.466 e. The summed E-state index contributed by atoms with van der Waals surface area (Å²) in [4.78, 5) is 57.2. The van der Waals surface area contributed by atoms with E-state index in [4.69, 9.17) is 9.57 Å². The number of Topliss-reactive ketones (excluding diaryl/α,β-unsaturated/α-hetero) is 2. The fraction of sp³-hybridized carbons (Fsp3) is 0.528. The molecule has 5 rings (SSSR count). The molecular weight excluding hydrogens is 556 g/mol. The molecule has 234 valence electrons. The first-order valence-electron chi connectivity index (χ1n) is 16.5. The van der Waals surface area contributed by atoms with Crippen LogP contribution in [0.25, 0.3) is 21.8 Å². The van der Waals surface area contributed by atoms with Gasteiger partial charge in [0.25, 0.3) is 0 Å². The number of hydrogen-bond donors (Lipinski definition) is 0. The van der Waals surface area contributed by atoms with Crippen molar-refractivity contribution in [3.8, 4) is 0 Å². The molecule has 0 atom stereocenters. The van der Waals surface area contributed by atoms with E-state index in [-0.39, 0.29) is 49.2 Å². The summed E-state index contributed by atoms with van der Waals surface area (Å²) < 4.78 is 7.23. The van der Waals surface area contributed by atoms with Crippen molar-refractivity contribution < 1.29 is 28.8 Å². The van der Waals surface area contributed by atoms with Crippen molar-refractivity contribution in [3.05, 3.63) is 47.5 Å². The second kappa shape index (κ2) is 14.8. The van der Waals surface area contributed by atoms with Gasteiger partial charge in [0.15, 0.2) is 5.78 Å². The molecule has 0 unspecified atom stereocenters. The van der Waals surface area contributed by atoms with Crippen molar-refractivity contribution in [2.75, 3.05) is 6.61 Å². The van der Waals surface area contributed by atoms with Gasteiger partial charge in [-0.05, 0) is 81.8 Å². The molecule has 0 N–H and O–H groups in total. The highest BCUT2D eigenvalue weighted by molar-refractivity contribution is 6.46. The minimum atomic E-state index is -0.463. The van der Waals surface area contributed by atoms with E-state index in [1.165, 1.54) is 12.8 Å². The molecule has 2 saturated carbocycles. The Hall–Kier alpha value is -3.81. The largest absolute Gasteiger partial charge is 0.466 e. The van der Waals surface area contributed by atoms with Crippen LogP contribution in [0, 0.1) is 11.8 Å². The van der Waals surface area contributed by atoms with Crippen LogP contribution < -0.4 is 0 Å². The number of ketones is 2. The van der Waals surface area contributed by atoms with E-state index < -0.39 is 17.7 Å². The van der Waals surface area contributed by atoms with Gasteiger partial charge in [-0.1, -0.05) is 43.7 Å². The summed E-state index contributed by atoms with van der Waals surface area (Å²) in [5.74, 6) is -0.781. The third-order valence-electron chi connectivity index (χ3n) is 9.27. The zero-order valence-corrected chi connectivity index (χ0v) is 26.1. The summed E-state index contributed by atoms with van der Waals surface area (Å²) in [5, 5.41) is 5.79. The number of esters is 1. The van der Waals surface area contributed by atoms with Crippen molar-refractivity contribution in [2.45, 2.75) is 104 Å². The molecule has 0 radical (unpaired) electrons. The predicted molar refractivity (Wildman–Crippen MR) is 171 cm³/mol. The lowest BCUT2D eigenvalue weighted by Crippen LogP contribution is -2.19. The zero-order chi connectivity index (χ0) is 31.1. The van der Waals surface area contributed by atoms with Gasteiger partial charge >= 0.3 is 11.9 Å². The van der Waals surface area contributed by atoms with E-state index in [0.717, 1.165) is 79.7 Å². The van der Waals surface area contributed by atoms with Gasteiger partial charge in [0.1, 0.15) is 5.71 Å². The Kier molecular flexibility index (Phi) is 10.6. The Balaban J connectivity index is 1.45. The third-order valence-corrected chi connectivity index (χ3v) is 9.27. The van der Waals surface area contributed by atoms with Crippen molar-refractivity contribution in [1.29, 1.82) is 0 Å². The number of benzene rings is 2. The van der Waals surface area contributed by atoms with Crippen molar-refractivity contribution in [1.82, 2.24) is 4.57 Å². The lowest BCUT2D eigenvalue weighted by Gasteiger charge is -2.20. The van der Waals surface area contributed by atoms with E-state index >= 15 is 0 Å². The smallest absolute Gasteiger partial charge is 0.335 e. The number of rotatable bonds is 12. The quantitative estimate of drug-likeness (QED) is 0.0686. The van der Waals surface area contributed by atoms with Gasteiger partial charge in [0, 0.05) is 51.8 Å². The van der Waals surface area contributed by atoms with Crippen LogP contribution in [0.2, 0.25) is 0 Å². The molecule has 0 saturated heterocycles. The fourth-order valence-corrected chi connectivity index (χ4v) is 6.93. The molecule has 0 bridgehead atoms. The first-order chi connectivity index (χ1) is 21.4. The molecule has 2 aliphatic carbocycles. The molecule has 2 aliphatic rings. The summed E-state index contributed by atoms with van der Waals surface area (Å²) in [6, 6.07) is 11.4. The summed E-state index contributed by atoms with van der Waals surface area (Å²) in [7, 11) is 0. The van der Waals surface area contributed by atoms with E-state index in [1.54, 1.807) is 13.0 Å². The molecule has 2 aromatic carbocycles. The highest BCUT2D eigenvalue weighted by atomic mass is 16.7. The van der Waals surface area contributed by atoms with Gasteiger partial charge in [0.05, 0.1) is 19.4 Å². The van der Waals surface area contributed by atoms with Gasteiger partial charge < -0.3 is 14.1 Å². The van der Waals surface area contributed by atoms with Crippen LogP contribution >= 0.6 is 0 Å². The number of carbonyl (C=O) groups excluding carboxylic acids is 4. The summed E-state index contributed by atoms with van der Waals surface area (Å²) in [6.07, 6.45) is 10.8. The Bertz CT molecular complexity index is 1560. The summed E-state index contributed by atoms with van der Waals surface area (Å²) in [5.41, 5.74) is 3.05. The molecule has 44 heavy (non-hydrogen) atoms. The lowest BCUT2D eigenvalue weighted by atomic mass is 9.83. The monoisotopic (exact) mass is 600 g/mol. The highest BCUT2D eigenvalue weighted by Crippen LogP contribution is 2.33. The molecule has 3 aromatic rings. The maximum Gasteiger partial charge on any atom is 0.335 e. The van der Waals surface area contributed by atoms with E-state index in [0.29, 0.717) is 11.1 Å². The molecular formula is C36H44N2O6. The highest BCUT2D eigenvalue weighted by Gasteiger charge is 2.25. The molecule has 1 heterocycles. The van der Waals surface area contributed by atoms with Crippen LogP contribution in [-0.4, -0.2) is 40.4 Å². The third kappa shape index (κ3) is 7.28.